The summed E-state index contributed by atoms with van der Waals surface area (Å²) in [5.41, 5.74) is 0. The molecular formula is C11H18BrNO2S. The summed E-state index contributed by atoms with van der Waals surface area (Å²) >= 11 is 5.20. The van der Waals surface area contributed by atoms with Crippen molar-refractivity contribution in [2.45, 2.75) is 13.0 Å². The highest BCUT2D eigenvalue weighted by atomic mass is 79.9. The second-order valence-electron chi connectivity index (χ2n) is 3.34. The molecule has 3 nitrogen and oxygen atoms in total. The summed E-state index contributed by atoms with van der Waals surface area (Å²) in [6.45, 7) is 4.12. The third-order valence-electron chi connectivity index (χ3n) is 1.99. The molecular weight excluding hydrogens is 290 g/mol. The van der Waals surface area contributed by atoms with E-state index in [4.69, 9.17) is 9.47 Å². The first-order valence-corrected chi connectivity index (χ1v) is 6.95. The molecule has 92 valence electrons. The number of hydrogen-bond donors (Lipinski definition) is 1. The topological polar surface area (TPSA) is 30.5 Å². The van der Waals surface area contributed by atoms with E-state index >= 15 is 0 Å². The van der Waals surface area contributed by atoms with E-state index in [1.807, 2.05) is 0 Å². The van der Waals surface area contributed by atoms with Gasteiger partial charge in [0.1, 0.15) is 0 Å². The predicted molar refractivity (Wildman–Crippen MR) is 71.0 cm³/mol. The maximum Gasteiger partial charge on any atom is 0.0701 e. The molecule has 0 saturated heterocycles. The summed E-state index contributed by atoms with van der Waals surface area (Å²) in [6, 6.07) is 4.20. The summed E-state index contributed by atoms with van der Waals surface area (Å²) in [5.74, 6) is 0. The summed E-state index contributed by atoms with van der Waals surface area (Å²) in [4.78, 5) is 1.34. The highest BCUT2D eigenvalue weighted by Gasteiger charge is 1.96. The molecule has 0 aliphatic rings. The van der Waals surface area contributed by atoms with Gasteiger partial charge in [0.2, 0.25) is 0 Å². The minimum atomic E-state index is 0.760. The van der Waals surface area contributed by atoms with Crippen molar-refractivity contribution in [2.24, 2.45) is 0 Å². The highest BCUT2D eigenvalue weighted by molar-refractivity contribution is 9.11. The van der Waals surface area contributed by atoms with Crippen molar-refractivity contribution in [3.05, 3.63) is 20.8 Å². The van der Waals surface area contributed by atoms with Crippen LogP contribution in [0.5, 0.6) is 0 Å². The maximum atomic E-state index is 5.43. The zero-order valence-corrected chi connectivity index (χ0v) is 11.9. The quantitative estimate of drug-likeness (QED) is 0.712. The molecule has 0 bridgehead atoms. The van der Waals surface area contributed by atoms with Crippen molar-refractivity contribution in [1.82, 2.24) is 5.32 Å². The van der Waals surface area contributed by atoms with Gasteiger partial charge in [-0.2, -0.15) is 0 Å². The number of thiophene rings is 1. The molecule has 1 heterocycles. The Morgan fingerprint density at radius 3 is 2.88 bits per heavy atom. The molecule has 0 saturated carbocycles. The Morgan fingerprint density at radius 1 is 1.31 bits per heavy atom. The molecule has 0 aliphatic carbocycles. The van der Waals surface area contributed by atoms with Gasteiger partial charge < -0.3 is 14.8 Å². The Kier molecular flexibility index (Phi) is 8.06. The predicted octanol–water partition coefficient (Wildman–Crippen LogP) is 2.65. The first-order valence-electron chi connectivity index (χ1n) is 5.34. The molecule has 0 atom stereocenters. The van der Waals surface area contributed by atoms with Gasteiger partial charge in [0.25, 0.3) is 0 Å². The lowest BCUT2D eigenvalue weighted by molar-refractivity contribution is 0.104. The van der Waals surface area contributed by atoms with Gasteiger partial charge in [-0.1, -0.05) is 0 Å². The van der Waals surface area contributed by atoms with Gasteiger partial charge in [-0.05, 0) is 34.5 Å². The van der Waals surface area contributed by atoms with Crippen molar-refractivity contribution >= 4 is 27.3 Å². The summed E-state index contributed by atoms with van der Waals surface area (Å²) in [7, 11) is 1.71. The first kappa shape index (κ1) is 14.1. The molecule has 1 rings (SSSR count). The number of hydrogen-bond acceptors (Lipinski definition) is 4. The van der Waals surface area contributed by atoms with E-state index in [2.05, 4.69) is 33.4 Å². The third kappa shape index (κ3) is 6.60. The van der Waals surface area contributed by atoms with Crippen LogP contribution >= 0.6 is 27.3 Å². The molecule has 1 aromatic heterocycles. The Balaban J connectivity index is 1.88. The molecule has 16 heavy (non-hydrogen) atoms. The van der Waals surface area contributed by atoms with Crippen LogP contribution in [0.4, 0.5) is 0 Å². The lowest BCUT2D eigenvalue weighted by Gasteiger charge is -2.04. The number of nitrogens with one attached hydrogen (secondary N) is 1. The number of methoxy groups -OCH3 is 1. The maximum absolute atomic E-state index is 5.43. The van der Waals surface area contributed by atoms with Crippen molar-refractivity contribution < 1.29 is 9.47 Å². The van der Waals surface area contributed by atoms with Crippen molar-refractivity contribution in [3.63, 3.8) is 0 Å². The van der Waals surface area contributed by atoms with Gasteiger partial charge in [0.15, 0.2) is 0 Å². The zero-order valence-electron chi connectivity index (χ0n) is 9.50. The van der Waals surface area contributed by atoms with Crippen molar-refractivity contribution in [1.29, 1.82) is 0 Å². The first-order chi connectivity index (χ1) is 7.83. The number of ether oxygens (including phenoxy) is 2. The van der Waals surface area contributed by atoms with Gasteiger partial charge in [0.05, 0.1) is 10.4 Å². The fourth-order valence-electron chi connectivity index (χ4n) is 1.21. The van der Waals surface area contributed by atoms with Crippen LogP contribution in [0.2, 0.25) is 0 Å². The van der Waals surface area contributed by atoms with Gasteiger partial charge in [-0.15, -0.1) is 11.3 Å². The van der Waals surface area contributed by atoms with Crippen LogP contribution < -0.4 is 5.32 Å². The number of halogens is 1. The molecule has 0 unspecified atom stereocenters. The van der Waals surface area contributed by atoms with E-state index in [-0.39, 0.29) is 0 Å². The molecule has 5 heteroatoms. The second kappa shape index (κ2) is 9.13. The Labute approximate surface area is 109 Å². The average molecular weight is 308 g/mol. The van der Waals surface area contributed by atoms with Crippen LogP contribution in [0.1, 0.15) is 11.3 Å². The van der Waals surface area contributed by atoms with E-state index in [0.29, 0.717) is 0 Å². The van der Waals surface area contributed by atoms with Crippen LogP contribution in [0, 0.1) is 0 Å². The van der Waals surface area contributed by atoms with E-state index in [9.17, 15) is 0 Å². The van der Waals surface area contributed by atoms with Gasteiger partial charge in [-0.3, -0.25) is 0 Å². The fraction of sp³-hybridized carbons (Fsp3) is 0.636. The third-order valence-corrected chi connectivity index (χ3v) is 3.61. The van der Waals surface area contributed by atoms with Gasteiger partial charge in [0, 0.05) is 38.3 Å². The molecule has 1 N–H and O–H groups in total. The van der Waals surface area contributed by atoms with Crippen LogP contribution in [0.25, 0.3) is 0 Å². The van der Waals surface area contributed by atoms with Crippen LogP contribution in [0.15, 0.2) is 15.9 Å². The summed E-state index contributed by atoms with van der Waals surface area (Å²) in [5, 5.41) is 3.34. The van der Waals surface area contributed by atoms with Crippen LogP contribution in [0.3, 0.4) is 0 Å². The van der Waals surface area contributed by atoms with E-state index in [0.717, 1.165) is 39.3 Å². The smallest absolute Gasteiger partial charge is 0.0701 e. The highest BCUT2D eigenvalue weighted by Crippen LogP contribution is 2.21. The van der Waals surface area contributed by atoms with E-state index < -0.39 is 0 Å². The summed E-state index contributed by atoms with van der Waals surface area (Å²) < 4.78 is 11.5. The molecule has 0 aromatic carbocycles. The van der Waals surface area contributed by atoms with Gasteiger partial charge in [-0.25, -0.2) is 0 Å². The SMILES string of the molecule is COCCCOCCNCc1ccc(Br)s1. The Bertz CT molecular complexity index is 281. The fourth-order valence-corrected chi connectivity index (χ4v) is 2.66. The monoisotopic (exact) mass is 307 g/mol. The minimum absolute atomic E-state index is 0.760. The average Bonchev–Trinajstić information content (AvgIpc) is 2.68. The number of rotatable bonds is 9. The largest absolute Gasteiger partial charge is 0.385 e. The van der Waals surface area contributed by atoms with E-state index in [1.165, 1.54) is 8.66 Å². The lowest BCUT2D eigenvalue weighted by Crippen LogP contribution is -2.19. The lowest BCUT2D eigenvalue weighted by atomic mass is 10.4. The molecule has 0 amide bonds. The van der Waals surface area contributed by atoms with Gasteiger partial charge >= 0.3 is 0 Å². The molecule has 0 aliphatic heterocycles. The van der Waals surface area contributed by atoms with Crippen LogP contribution in [-0.4, -0.2) is 33.5 Å². The molecule has 0 spiro atoms. The molecule has 1 aromatic rings. The standard InChI is InChI=1S/C11H18BrNO2S/c1-14-6-2-7-15-8-5-13-9-10-3-4-11(12)16-10/h3-4,13H,2,5-9H2,1H3. The zero-order chi connectivity index (χ0) is 11.6. The summed E-state index contributed by atoms with van der Waals surface area (Å²) in [6.07, 6.45) is 0.967. The minimum Gasteiger partial charge on any atom is -0.385 e. The van der Waals surface area contributed by atoms with Crippen molar-refractivity contribution in [2.75, 3.05) is 33.5 Å². The van der Waals surface area contributed by atoms with Crippen molar-refractivity contribution in [3.8, 4) is 0 Å². The van der Waals surface area contributed by atoms with Crippen LogP contribution in [-0.2, 0) is 16.0 Å². The Hall–Kier alpha value is 0.0600. The Morgan fingerprint density at radius 2 is 2.19 bits per heavy atom. The van der Waals surface area contributed by atoms with E-state index in [1.54, 1.807) is 18.4 Å². The normalized spacial score (nSPS) is 10.9. The molecule has 0 fully saturated rings. The second-order valence-corrected chi connectivity index (χ2v) is 5.89. The molecule has 0 radical (unpaired) electrons.